The molecule has 0 N–H and O–H groups in total. The highest BCUT2D eigenvalue weighted by Gasteiger charge is 3.02. The third-order valence-electron chi connectivity index (χ3n) is 20.5. The van der Waals surface area contributed by atoms with Crippen LogP contribution in [0.4, 0.5) is 52.7 Å². The van der Waals surface area contributed by atoms with Crippen molar-refractivity contribution in [1.82, 2.24) is 0 Å². The summed E-state index contributed by atoms with van der Waals surface area (Å²) in [6.45, 7) is 57.6. The van der Waals surface area contributed by atoms with Gasteiger partial charge in [0.2, 0.25) is 0 Å². The lowest BCUT2D eigenvalue weighted by Gasteiger charge is -2.49. The molecule has 0 aromatic heterocycles. The SMILES string of the molecule is CC1(C)CC(C)(C)C(C)(C)C1.CC1(C)CC(C)(C)CC(C)(C)C1.CC1(C)CCC(C)(C)C1(C)C.CC1(C)CCCC1.CC1(C)CCCCC1.CC1(C)CCCCCCC1.FC1(F)C(F)(F)C(F)(F)C(F)(F)C(F)(F)C1(F)F. The van der Waals surface area contributed by atoms with Crippen molar-refractivity contribution in [2.24, 2.45) is 65.0 Å². The van der Waals surface area contributed by atoms with Gasteiger partial charge in [-0.3, -0.25) is 0 Å². The molecule has 0 aromatic carbocycles. The molecule has 12 heteroatoms. The second-order valence-corrected chi connectivity index (χ2v) is 34.2. The maximum atomic E-state index is 12.3. The summed E-state index contributed by atoms with van der Waals surface area (Å²) in [6.07, 6.45) is 33.0. The van der Waals surface area contributed by atoms with Crippen LogP contribution in [0.5, 0.6) is 0 Å². The van der Waals surface area contributed by atoms with Gasteiger partial charge in [-0.2, -0.15) is 52.7 Å². The van der Waals surface area contributed by atoms with Crippen LogP contribution in [-0.4, -0.2) is 35.5 Å². The maximum Gasteiger partial charge on any atom is 0.385 e. The third-order valence-corrected chi connectivity index (χ3v) is 20.5. The quantitative estimate of drug-likeness (QED) is 0.212. The van der Waals surface area contributed by atoms with Gasteiger partial charge in [0.15, 0.2) is 0 Å². The Balaban J connectivity index is 0.000000457. The van der Waals surface area contributed by atoms with Crippen molar-refractivity contribution in [2.75, 3.05) is 0 Å². The zero-order valence-electron chi connectivity index (χ0n) is 53.8. The molecule has 0 aliphatic heterocycles. The number of rotatable bonds is 0. The average molecular weight is 1130 g/mol. The summed E-state index contributed by atoms with van der Waals surface area (Å²) >= 11 is 0. The van der Waals surface area contributed by atoms with Gasteiger partial charge in [0.05, 0.1) is 0 Å². The summed E-state index contributed by atoms with van der Waals surface area (Å²) in [5.41, 5.74) is 6.81. The summed E-state index contributed by atoms with van der Waals surface area (Å²) in [5.74, 6) is -44.1. The number of alkyl halides is 12. The smallest absolute Gasteiger partial charge is 0.192 e. The molecular formula is C65H118F12. The van der Waals surface area contributed by atoms with Crippen molar-refractivity contribution in [3.8, 4) is 0 Å². The van der Waals surface area contributed by atoms with Crippen LogP contribution < -0.4 is 0 Å². The molecule has 0 nitrogen and oxygen atoms in total. The van der Waals surface area contributed by atoms with E-state index in [1.54, 1.807) is 0 Å². The molecule has 0 unspecified atom stereocenters. The molecule has 0 saturated heterocycles. The van der Waals surface area contributed by atoms with E-state index in [0.29, 0.717) is 65.0 Å². The molecule has 0 aromatic rings. The largest absolute Gasteiger partial charge is 0.385 e. The summed E-state index contributed by atoms with van der Waals surface area (Å²) in [7, 11) is 0. The zero-order chi connectivity index (χ0) is 61.3. The maximum absolute atomic E-state index is 12.3. The Kier molecular flexibility index (Phi) is 23.5. The van der Waals surface area contributed by atoms with Crippen LogP contribution in [0.15, 0.2) is 0 Å². The van der Waals surface area contributed by atoms with E-state index in [9.17, 15) is 52.7 Å². The van der Waals surface area contributed by atoms with E-state index in [2.05, 4.69) is 166 Å². The minimum Gasteiger partial charge on any atom is -0.192 e. The summed E-state index contributed by atoms with van der Waals surface area (Å²) in [4.78, 5) is 0. The van der Waals surface area contributed by atoms with Crippen LogP contribution in [0.3, 0.4) is 0 Å². The van der Waals surface area contributed by atoms with Gasteiger partial charge in [0, 0.05) is 0 Å². The zero-order valence-corrected chi connectivity index (χ0v) is 53.8. The van der Waals surface area contributed by atoms with Gasteiger partial charge in [-0.05, 0) is 148 Å². The van der Waals surface area contributed by atoms with Crippen molar-refractivity contribution < 1.29 is 52.7 Å². The van der Waals surface area contributed by atoms with Crippen LogP contribution >= 0.6 is 0 Å². The molecular weight excluding hydrogens is 1010 g/mol. The first kappa shape index (κ1) is 74.2. The first-order valence-corrected chi connectivity index (χ1v) is 29.9. The molecule has 462 valence electrons. The van der Waals surface area contributed by atoms with Gasteiger partial charge >= 0.3 is 35.5 Å². The lowest BCUT2D eigenvalue weighted by atomic mass is 9.56. The first-order valence-electron chi connectivity index (χ1n) is 29.9. The van der Waals surface area contributed by atoms with Crippen molar-refractivity contribution in [3.63, 3.8) is 0 Å². The Bertz CT molecular complexity index is 1590. The van der Waals surface area contributed by atoms with Gasteiger partial charge < -0.3 is 0 Å². The van der Waals surface area contributed by atoms with E-state index in [-0.39, 0.29) is 0 Å². The predicted molar refractivity (Wildman–Crippen MR) is 301 cm³/mol. The monoisotopic (exact) mass is 1130 g/mol. The second kappa shape index (κ2) is 24.4. The Morgan fingerprint density at radius 2 is 0.325 bits per heavy atom. The topological polar surface area (TPSA) is 0 Å². The molecule has 0 heterocycles. The Morgan fingerprint density at radius 1 is 0.169 bits per heavy atom. The fourth-order valence-corrected chi connectivity index (χ4v) is 15.1. The van der Waals surface area contributed by atoms with E-state index < -0.39 is 35.5 Å². The Hall–Kier alpha value is -0.840. The molecule has 0 radical (unpaired) electrons. The van der Waals surface area contributed by atoms with Crippen LogP contribution in [0.1, 0.15) is 314 Å². The van der Waals surface area contributed by atoms with E-state index >= 15 is 0 Å². The summed E-state index contributed by atoms with van der Waals surface area (Å²) in [6, 6.07) is 0. The van der Waals surface area contributed by atoms with E-state index in [1.165, 1.54) is 148 Å². The molecule has 7 saturated carbocycles. The van der Waals surface area contributed by atoms with Crippen molar-refractivity contribution in [1.29, 1.82) is 0 Å². The summed E-state index contributed by atoms with van der Waals surface area (Å²) in [5, 5.41) is 0. The Morgan fingerprint density at radius 3 is 0.468 bits per heavy atom. The molecule has 0 spiro atoms. The van der Waals surface area contributed by atoms with E-state index in [1.807, 2.05) is 0 Å². The van der Waals surface area contributed by atoms with Gasteiger partial charge in [0.25, 0.3) is 0 Å². The first-order chi connectivity index (χ1) is 33.6. The minimum atomic E-state index is -7.35. The van der Waals surface area contributed by atoms with Crippen LogP contribution in [0, 0.1) is 65.0 Å². The van der Waals surface area contributed by atoms with Crippen LogP contribution in [0.2, 0.25) is 0 Å². The highest BCUT2D eigenvalue weighted by atomic mass is 19.4. The predicted octanol–water partition coefficient (Wildman–Crippen LogP) is 25.1. The molecule has 7 aliphatic rings. The second-order valence-electron chi connectivity index (χ2n) is 34.2. The van der Waals surface area contributed by atoms with Crippen molar-refractivity contribution in [2.45, 2.75) is 349 Å². The molecule has 0 atom stereocenters. The normalized spacial score (nSPS) is 31.0. The van der Waals surface area contributed by atoms with Gasteiger partial charge in [-0.15, -0.1) is 0 Å². The van der Waals surface area contributed by atoms with Gasteiger partial charge in [-0.25, -0.2) is 0 Å². The lowest BCUT2D eigenvalue weighted by molar-refractivity contribution is -0.506. The molecule has 7 aliphatic carbocycles. The molecule has 7 rings (SSSR count). The van der Waals surface area contributed by atoms with Crippen molar-refractivity contribution >= 4 is 0 Å². The van der Waals surface area contributed by atoms with E-state index in [4.69, 9.17) is 0 Å². The number of hydrogen-bond acceptors (Lipinski definition) is 0. The molecule has 0 amide bonds. The highest BCUT2D eigenvalue weighted by molar-refractivity contribution is 5.23. The molecule has 0 bridgehead atoms. The third kappa shape index (κ3) is 18.3. The number of halogens is 12. The number of hydrogen-bond donors (Lipinski definition) is 0. The lowest BCUT2D eigenvalue weighted by Crippen LogP contribution is -2.82. The fourth-order valence-electron chi connectivity index (χ4n) is 15.1. The van der Waals surface area contributed by atoms with Crippen LogP contribution in [0.25, 0.3) is 0 Å². The minimum absolute atomic E-state index is 0.486. The van der Waals surface area contributed by atoms with Crippen LogP contribution in [-0.2, 0) is 0 Å². The van der Waals surface area contributed by atoms with Gasteiger partial charge in [0.1, 0.15) is 0 Å². The fraction of sp³-hybridized carbons (Fsp3) is 1.00. The Labute approximate surface area is 465 Å². The van der Waals surface area contributed by atoms with Crippen molar-refractivity contribution in [3.05, 3.63) is 0 Å². The molecule has 7 fully saturated rings. The summed E-state index contributed by atoms with van der Waals surface area (Å²) < 4.78 is 148. The molecule has 77 heavy (non-hydrogen) atoms. The van der Waals surface area contributed by atoms with E-state index in [0.717, 1.165) is 0 Å². The average Bonchev–Trinajstić information content (AvgIpc) is 3.71. The standard InChI is InChI=1S/C12H24.2C11H22.C10H20.C8H16.C7H14.C6F12/c1-10(2)7-11(3,4)9-12(5,6)8-10;1-9(2)7-10(3,4)11(5,6)8-9;1-9(2)7-8-10(3,4)11(9,5)6;1-10(2)8-6-4-3-5-7-9-10;1-8(2)6-4-3-5-7-8;1-7(2)5-3-4-6-7;7-1(8)2(9,10)4(13,14)6(17,18)5(15,16)3(1,11)12/h7-9H2,1-6H3;2*7-8H2,1-6H3;3-9H2,1-2H3;3-7H2,1-2H3;3-6H2,1-2H3;. The van der Waals surface area contributed by atoms with Gasteiger partial charge in [-0.1, -0.05) is 230 Å². The highest BCUT2D eigenvalue weighted by Crippen LogP contribution is 2.70.